The molecule has 2 aromatic rings. The molecule has 2 atom stereocenters. The zero-order chi connectivity index (χ0) is 19.8. The van der Waals surface area contributed by atoms with Gasteiger partial charge in [-0.2, -0.15) is 9.97 Å². The van der Waals surface area contributed by atoms with E-state index < -0.39 is 0 Å². The van der Waals surface area contributed by atoms with E-state index in [4.69, 9.17) is 16.3 Å². The third kappa shape index (κ3) is 7.05. The van der Waals surface area contributed by atoms with Crippen molar-refractivity contribution in [3.8, 4) is 0 Å². The predicted molar refractivity (Wildman–Crippen MR) is 108 cm³/mol. The van der Waals surface area contributed by atoms with E-state index in [1.807, 2.05) is 0 Å². The van der Waals surface area contributed by atoms with Gasteiger partial charge in [0.25, 0.3) is 0 Å². The number of nitrogens with one attached hydrogen (secondary N) is 1. The highest BCUT2D eigenvalue weighted by Crippen LogP contribution is 2.21. The molecular weight excluding hydrogens is 364 g/mol. The summed E-state index contributed by atoms with van der Waals surface area (Å²) in [4.78, 5) is 12.9. The number of methoxy groups -OCH3 is 1. The molecule has 1 aromatic heterocycles. The fourth-order valence-electron chi connectivity index (χ4n) is 2.98. The van der Waals surface area contributed by atoms with Crippen LogP contribution in [0.15, 0.2) is 24.3 Å². The van der Waals surface area contributed by atoms with Gasteiger partial charge in [-0.15, -0.1) is 0 Å². The number of aromatic nitrogens is 3. The lowest BCUT2D eigenvalue weighted by Crippen LogP contribution is -2.27. The molecule has 1 aromatic carbocycles. The van der Waals surface area contributed by atoms with Crippen LogP contribution in [0.3, 0.4) is 0 Å². The Balaban J connectivity index is 2.08. The van der Waals surface area contributed by atoms with Crippen LogP contribution in [0.4, 0.5) is 5.95 Å². The fraction of sp³-hybridized carbons (Fsp3) is 0.550. The van der Waals surface area contributed by atoms with Gasteiger partial charge >= 0.3 is 0 Å². The topological polar surface area (TPSA) is 80.2 Å². The Labute approximate surface area is 166 Å². The second-order valence-corrected chi connectivity index (χ2v) is 7.62. The molecule has 1 unspecified atom stereocenters. The zero-order valence-corrected chi connectivity index (χ0v) is 17.2. The van der Waals surface area contributed by atoms with Crippen LogP contribution in [0.2, 0.25) is 5.28 Å². The molecule has 0 spiro atoms. The molecule has 0 amide bonds. The highest BCUT2D eigenvalue weighted by molar-refractivity contribution is 6.28. The maximum atomic E-state index is 9.55. The average molecular weight is 393 g/mol. The summed E-state index contributed by atoms with van der Waals surface area (Å²) in [6, 6.07) is 8.24. The van der Waals surface area contributed by atoms with E-state index in [1.165, 1.54) is 5.56 Å². The predicted octanol–water partition coefficient (Wildman–Crippen LogP) is 3.84. The Morgan fingerprint density at radius 2 is 1.81 bits per heavy atom. The molecule has 2 N–H and O–H groups in total. The molecule has 0 radical (unpaired) electrons. The van der Waals surface area contributed by atoms with Crippen molar-refractivity contribution >= 4 is 17.5 Å². The van der Waals surface area contributed by atoms with Gasteiger partial charge in [-0.25, -0.2) is 4.98 Å². The highest BCUT2D eigenvalue weighted by atomic mass is 35.5. The monoisotopic (exact) mass is 392 g/mol. The smallest absolute Gasteiger partial charge is 0.227 e. The van der Waals surface area contributed by atoms with Crippen molar-refractivity contribution in [1.82, 2.24) is 15.0 Å². The number of hydrogen-bond acceptors (Lipinski definition) is 6. The molecule has 0 aliphatic heterocycles. The van der Waals surface area contributed by atoms with Crippen LogP contribution in [0.25, 0.3) is 0 Å². The number of aliphatic hydroxyl groups excluding tert-OH is 1. The van der Waals surface area contributed by atoms with Crippen LogP contribution >= 0.6 is 11.6 Å². The van der Waals surface area contributed by atoms with Crippen LogP contribution < -0.4 is 5.32 Å². The van der Waals surface area contributed by atoms with Gasteiger partial charge in [-0.05, 0) is 41.0 Å². The van der Waals surface area contributed by atoms with Crippen molar-refractivity contribution in [1.29, 1.82) is 0 Å². The van der Waals surface area contributed by atoms with Crippen LogP contribution in [0.1, 0.15) is 50.1 Å². The standard InChI is InChI=1S/C20H29ClN4O2/c1-13(2)9-17(11-26)22-20-24-18(23-19(21)25-20)10-14(3)16-7-5-15(6-8-16)12-27-4/h5-8,13-14,17,26H,9-12H2,1-4H3,(H,22,23,24,25)/t14?,17-/m1/s1. The first-order valence-corrected chi connectivity index (χ1v) is 9.64. The molecular formula is C20H29ClN4O2. The third-order valence-electron chi connectivity index (χ3n) is 4.31. The lowest BCUT2D eigenvalue weighted by Gasteiger charge is -2.18. The zero-order valence-electron chi connectivity index (χ0n) is 16.4. The van der Waals surface area contributed by atoms with Gasteiger partial charge in [0.05, 0.1) is 19.3 Å². The quantitative estimate of drug-likeness (QED) is 0.639. The van der Waals surface area contributed by atoms with Crippen molar-refractivity contribution in [2.45, 2.75) is 52.2 Å². The van der Waals surface area contributed by atoms with Crippen LogP contribution in [-0.2, 0) is 17.8 Å². The summed E-state index contributed by atoms with van der Waals surface area (Å²) in [5, 5.41) is 12.9. The summed E-state index contributed by atoms with van der Waals surface area (Å²) in [6.45, 7) is 6.97. The van der Waals surface area contributed by atoms with Crippen molar-refractivity contribution in [3.63, 3.8) is 0 Å². The minimum Gasteiger partial charge on any atom is -0.394 e. The van der Waals surface area contributed by atoms with E-state index in [0.717, 1.165) is 12.0 Å². The molecule has 7 heteroatoms. The number of rotatable bonds is 10. The van der Waals surface area contributed by atoms with Gasteiger partial charge in [0.2, 0.25) is 11.2 Å². The lowest BCUT2D eigenvalue weighted by atomic mass is 9.96. The molecule has 0 aliphatic rings. The first kappa shape index (κ1) is 21.5. The highest BCUT2D eigenvalue weighted by Gasteiger charge is 2.15. The Bertz CT molecular complexity index is 710. The van der Waals surface area contributed by atoms with Gasteiger partial charge in [0, 0.05) is 13.5 Å². The van der Waals surface area contributed by atoms with Crippen LogP contribution in [0.5, 0.6) is 0 Å². The van der Waals surface area contributed by atoms with Gasteiger partial charge < -0.3 is 15.2 Å². The molecule has 0 saturated carbocycles. The second-order valence-electron chi connectivity index (χ2n) is 7.28. The summed E-state index contributed by atoms with van der Waals surface area (Å²) in [7, 11) is 1.69. The van der Waals surface area contributed by atoms with Gasteiger partial charge in [0.1, 0.15) is 5.82 Å². The molecule has 6 nitrogen and oxygen atoms in total. The van der Waals surface area contributed by atoms with E-state index in [1.54, 1.807) is 7.11 Å². The first-order chi connectivity index (χ1) is 12.9. The largest absolute Gasteiger partial charge is 0.394 e. The Kier molecular flexibility index (Phi) is 8.41. The summed E-state index contributed by atoms with van der Waals surface area (Å²) in [6.07, 6.45) is 1.47. The normalized spacial score (nSPS) is 13.6. The summed E-state index contributed by atoms with van der Waals surface area (Å²) in [5.41, 5.74) is 2.34. The molecule has 27 heavy (non-hydrogen) atoms. The van der Waals surface area contributed by atoms with Crippen molar-refractivity contribution in [3.05, 3.63) is 46.5 Å². The van der Waals surface area contributed by atoms with E-state index in [-0.39, 0.29) is 23.9 Å². The number of ether oxygens (including phenoxy) is 1. The average Bonchev–Trinajstić information content (AvgIpc) is 2.61. The van der Waals surface area contributed by atoms with Crippen LogP contribution in [-0.4, -0.2) is 39.8 Å². The molecule has 2 rings (SSSR count). The number of anilines is 1. The van der Waals surface area contributed by atoms with Gasteiger partial charge in [0.15, 0.2) is 0 Å². The van der Waals surface area contributed by atoms with Crippen LogP contribution in [0, 0.1) is 5.92 Å². The van der Waals surface area contributed by atoms with Crippen molar-refractivity contribution in [2.75, 3.05) is 19.0 Å². The summed E-state index contributed by atoms with van der Waals surface area (Å²) < 4.78 is 5.15. The molecule has 1 heterocycles. The Morgan fingerprint density at radius 3 is 2.41 bits per heavy atom. The number of nitrogens with zero attached hydrogens (tertiary/aromatic N) is 3. The maximum Gasteiger partial charge on any atom is 0.227 e. The lowest BCUT2D eigenvalue weighted by molar-refractivity contribution is 0.185. The fourth-order valence-corrected chi connectivity index (χ4v) is 3.16. The molecule has 0 saturated heterocycles. The second kappa shape index (κ2) is 10.5. The minimum atomic E-state index is -0.109. The summed E-state index contributed by atoms with van der Waals surface area (Å²) in [5.74, 6) is 1.73. The summed E-state index contributed by atoms with van der Waals surface area (Å²) >= 11 is 6.09. The number of hydrogen-bond donors (Lipinski definition) is 2. The number of aliphatic hydroxyl groups is 1. The SMILES string of the molecule is COCc1ccc(C(C)Cc2nc(Cl)nc(N[C@@H](CO)CC(C)C)n2)cc1. The first-order valence-electron chi connectivity index (χ1n) is 9.26. The third-order valence-corrected chi connectivity index (χ3v) is 4.48. The van der Waals surface area contributed by atoms with Gasteiger partial charge in [-0.3, -0.25) is 0 Å². The van der Waals surface area contributed by atoms with Gasteiger partial charge in [-0.1, -0.05) is 45.0 Å². The molecule has 0 aliphatic carbocycles. The maximum absolute atomic E-state index is 9.55. The number of halogens is 1. The molecule has 0 fully saturated rings. The Morgan fingerprint density at radius 1 is 1.11 bits per heavy atom. The molecule has 148 valence electrons. The van der Waals surface area contributed by atoms with Crippen molar-refractivity contribution in [2.24, 2.45) is 5.92 Å². The minimum absolute atomic E-state index is 0.0149. The Hall–Kier alpha value is -1.76. The molecule has 0 bridgehead atoms. The van der Waals surface area contributed by atoms with Crippen molar-refractivity contribution < 1.29 is 9.84 Å². The van der Waals surface area contributed by atoms with E-state index in [2.05, 4.69) is 65.3 Å². The number of benzene rings is 1. The van der Waals surface area contributed by atoms with E-state index >= 15 is 0 Å². The van der Waals surface area contributed by atoms with E-state index in [0.29, 0.717) is 30.7 Å². The van der Waals surface area contributed by atoms with E-state index in [9.17, 15) is 5.11 Å².